The van der Waals surface area contributed by atoms with Crippen LogP contribution in [0, 0.1) is 0 Å². The number of amides is 2. The number of rotatable bonds is 4. The lowest BCUT2D eigenvalue weighted by Crippen LogP contribution is -2.49. The summed E-state index contributed by atoms with van der Waals surface area (Å²) in [6.07, 6.45) is 0.422. The standard InChI is InChI=1S/C11H19N3O5/c1-19-9(15)7-8(10(16)17)13-11(18)14-5-2-3-12-4-6-14/h8,12H,2-7H2,1H3,(H,13,18)(H,16,17)/t8-/m0/s1. The van der Waals surface area contributed by atoms with Crippen LogP contribution in [0.3, 0.4) is 0 Å². The third-order valence-electron chi connectivity index (χ3n) is 2.82. The monoisotopic (exact) mass is 273 g/mol. The number of methoxy groups -OCH3 is 1. The number of esters is 1. The molecule has 1 saturated heterocycles. The third-order valence-corrected chi connectivity index (χ3v) is 2.82. The van der Waals surface area contributed by atoms with E-state index in [-0.39, 0.29) is 6.42 Å². The molecular formula is C11H19N3O5. The van der Waals surface area contributed by atoms with Crippen LogP contribution in [0.1, 0.15) is 12.8 Å². The van der Waals surface area contributed by atoms with Crippen LogP contribution in [-0.2, 0) is 14.3 Å². The van der Waals surface area contributed by atoms with Gasteiger partial charge in [-0.1, -0.05) is 0 Å². The second kappa shape index (κ2) is 7.57. The van der Waals surface area contributed by atoms with Crippen LogP contribution in [0.4, 0.5) is 4.79 Å². The van der Waals surface area contributed by atoms with Gasteiger partial charge >= 0.3 is 18.0 Å². The Morgan fingerprint density at radius 2 is 2.11 bits per heavy atom. The molecule has 1 heterocycles. The first-order valence-corrected chi connectivity index (χ1v) is 6.10. The highest BCUT2D eigenvalue weighted by Crippen LogP contribution is 2.00. The van der Waals surface area contributed by atoms with Crippen molar-refractivity contribution in [3.8, 4) is 0 Å². The second-order valence-electron chi connectivity index (χ2n) is 4.21. The maximum Gasteiger partial charge on any atom is 0.326 e. The molecular weight excluding hydrogens is 254 g/mol. The first-order valence-electron chi connectivity index (χ1n) is 6.10. The molecule has 0 unspecified atom stereocenters. The number of nitrogens with zero attached hydrogens (tertiary/aromatic N) is 1. The summed E-state index contributed by atoms with van der Waals surface area (Å²) in [6, 6.07) is -1.74. The molecule has 0 aliphatic carbocycles. The lowest BCUT2D eigenvalue weighted by molar-refractivity contribution is -0.147. The van der Waals surface area contributed by atoms with Crippen molar-refractivity contribution in [3.63, 3.8) is 0 Å². The minimum atomic E-state index is -1.27. The number of carboxylic acids is 1. The number of carbonyl (C=O) groups excluding carboxylic acids is 2. The molecule has 1 fully saturated rings. The molecule has 1 aliphatic rings. The molecule has 108 valence electrons. The topological polar surface area (TPSA) is 108 Å². The molecule has 8 heteroatoms. The number of ether oxygens (including phenoxy) is 1. The van der Waals surface area contributed by atoms with Crippen molar-refractivity contribution >= 4 is 18.0 Å². The quantitative estimate of drug-likeness (QED) is 0.567. The van der Waals surface area contributed by atoms with Crippen molar-refractivity contribution < 1.29 is 24.2 Å². The maximum absolute atomic E-state index is 11.9. The summed E-state index contributed by atoms with van der Waals surface area (Å²) in [6.45, 7) is 2.57. The average molecular weight is 273 g/mol. The summed E-state index contributed by atoms with van der Waals surface area (Å²) in [4.78, 5) is 35.5. The van der Waals surface area contributed by atoms with Gasteiger partial charge < -0.3 is 25.4 Å². The van der Waals surface area contributed by atoms with Crippen LogP contribution in [0.15, 0.2) is 0 Å². The Balaban J connectivity index is 2.54. The molecule has 0 bridgehead atoms. The van der Waals surface area contributed by atoms with Gasteiger partial charge in [0.25, 0.3) is 0 Å². The van der Waals surface area contributed by atoms with E-state index >= 15 is 0 Å². The average Bonchev–Trinajstić information content (AvgIpc) is 2.66. The molecule has 0 radical (unpaired) electrons. The van der Waals surface area contributed by atoms with E-state index in [1.807, 2.05) is 0 Å². The summed E-state index contributed by atoms with van der Waals surface area (Å²) < 4.78 is 4.40. The van der Waals surface area contributed by atoms with Crippen LogP contribution in [-0.4, -0.2) is 67.3 Å². The molecule has 0 aromatic carbocycles. The molecule has 2 amide bonds. The van der Waals surface area contributed by atoms with E-state index in [1.165, 1.54) is 12.0 Å². The summed E-state index contributed by atoms with van der Waals surface area (Å²) >= 11 is 0. The SMILES string of the molecule is COC(=O)C[C@H](NC(=O)N1CCCNCC1)C(=O)O. The predicted molar refractivity (Wildman–Crippen MR) is 65.6 cm³/mol. The van der Waals surface area contributed by atoms with Gasteiger partial charge in [0.15, 0.2) is 0 Å². The summed E-state index contributed by atoms with van der Waals surface area (Å²) in [5, 5.41) is 14.4. The zero-order valence-corrected chi connectivity index (χ0v) is 10.8. The van der Waals surface area contributed by atoms with Crippen LogP contribution >= 0.6 is 0 Å². The summed E-state index contributed by atoms with van der Waals surface area (Å²) in [5.74, 6) is -1.93. The number of carboxylic acid groups (broad SMARTS) is 1. The molecule has 8 nitrogen and oxygen atoms in total. The van der Waals surface area contributed by atoms with E-state index in [1.54, 1.807) is 0 Å². The van der Waals surface area contributed by atoms with E-state index in [0.717, 1.165) is 13.0 Å². The minimum Gasteiger partial charge on any atom is -0.480 e. The van der Waals surface area contributed by atoms with Crippen LogP contribution in [0.5, 0.6) is 0 Å². The van der Waals surface area contributed by atoms with Crippen molar-refractivity contribution in [2.45, 2.75) is 18.9 Å². The minimum absolute atomic E-state index is 0.385. The number of urea groups is 1. The molecule has 3 N–H and O–H groups in total. The number of carbonyl (C=O) groups is 3. The van der Waals surface area contributed by atoms with Gasteiger partial charge in [-0.25, -0.2) is 9.59 Å². The Labute approximate surface area is 111 Å². The smallest absolute Gasteiger partial charge is 0.326 e. The highest BCUT2D eigenvalue weighted by Gasteiger charge is 2.26. The number of aliphatic carboxylic acids is 1. The van der Waals surface area contributed by atoms with E-state index in [4.69, 9.17) is 5.11 Å². The molecule has 0 spiro atoms. The summed E-state index contributed by atoms with van der Waals surface area (Å²) in [5.41, 5.74) is 0. The van der Waals surface area contributed by atoms with E-state index < -0.39 is 24.0 Å². The lowest BCUT2D eigenvalue weighted by Gasteiger charge is -2.23. The van der Waals surface area contributed by atoms with Gasteiger partial charge in [-0.15, -0.1) is 0 Å². The molecule has 1 atom stereocenters. The van der Waals surface area contributed by atoms with Crippen LogP contribution in [0.2, 0.25) is 0 Å². The fourth-order valence-electron chi connectivity index (χ4n) is 1.74. The van der Waals surface area contributed by atoms with Gasteiger partial charge in [0, 0.05) is 19.6 Å². The zero-order chi connectivity index (χ0) is 14.3. The molecule has 0 saturated carbocycles. The van der Waals surface area contributed by atoms with Gasteiger partial charge in [-0.3, -0.25) is 4.79 Å². The summed E-state index contributed by atoms with van der Waals surface area (Å²) in [7, 11) is 1.17. The predicted octanol–water partition coefficient (Wildman–Crippen LogP) is -0.992. The van der Waals surface area contributed by atoms with Crippen LogP contribution in [0.25, 0.3) is 0 Å². The van der Waals surface area contributed by atoms with E-state index in [2.05, 4.69) is 15.4 Å². The largest absolute Gasteiger partial charge is 0.480 e. The molecule has 1 rings (SSSR count). The number of nitrogens with one attached hydrogen (secondary N) is 2. The normalized spacial score (nSPS) is 17.2. The number of hydrogen-bond donors (Lipinski definition) is 3. The van der Waals surface area contributed by atoms with Gasteiger partial charge in [0.2, 0.25) is 0 Å². The fraction of sp³-hybridized carbons (Fsp3) is 0.727. The Bertz CT molecular complexity index is 339. The van der Waals surface area contributed by atoms with Crippen molar-refractivity contribution in [1.82, 2.24) is 15.5 Å². The maximum atomic E-state index is 11.9. The van der Waals surface area contributed by atoms with Gasteiger partial charge in [-0.05, 0) is 13.0 Å². The van der Waals surface area contributed by atoms with E-state index in [9.17, 15) is 14.4 Å². The molecule has 0 aromatic heterocycles. The second-order valence-corrected chi connectivity index (χ2v) is 4.21. The van der Waals surface area contributed by atoms with Gasteiger partial charge in [0.1, 0.15) is 6.04 Å². The Morgan fingerprint density at radius 3 is 2.74 bits per heavy atom. The van der Waals surface area contributed by atoms with Crippen molar-refractivity contribution in [2.75, 3.05) is 33.3 Å². The van der Waals surface area contributed by atoms with Crippen molar-refractivity contribution in [1.29, 1.82) is 0 Å². The Hall–Kier alpha value is -1.83. The van der Waals surface area contributed by atoms with Crippen LogP contribution < -0.4 is 10.6 Å². The highest BCUT2D eigenvalue weighted by atomic mass is 16.5. The first-order chi connectivity index (χ1) is 9.04. The first kappa shape index (κ1) is 15.2. The molecule has 0 aromatic rings. The van der Waals surface area contributed by atoms with E-state index in [0.29, 0.717) is 19.6 Å². The molecule has 1 aliphatic heterocycles. The lowest BCUT2D eigenvalue weighted by atomic mass is 10.2. The number of hydrogen-bond acceptors (Lipinski definition) is 5. The third kappa shape index (κ3) is 5.12. The Kier molecular flexibility index (Phi) is 6.07. The molecule has 19 heavy (non-hydrogen) atoms. The van der Waals surface area contributed by atoms with Gasteiger partial charge in [0.05, 0.1) is 13.5 Å². The van der Waals surface area contributed by atoms with Crippen molar-refractivity contribution in [3.05, 3.63) is 0 Å². The van der Waals surface area contributed by atoms with Gasteiger partial charge in [-0.2, -0.15) is 0 Å². The highest BCUT2D eigenvalue weighted by molar-refractivity contribution is 5.86. The fourth-order valence-corrected chi connectivity index (χ4v) is 1.74. The Morgan fingerprint density at radius 1 is 1.37 bits per heavy atom. The van der Waals surface area contributed by atoms with Crippen molar-refractivity contribution in [2.24, 2.45) is 0 Å². The zero-order valence-electron chi connectivity index (χ0n) is 10.8.